The highest BCUT2D eigenvalue weighted by Gasteiger charge is 2.45. The Morgan fingerprint density at radius 2 is 1.73 bits per heavy atom. The molecule has 1 fully saturated rings. The number of pyridine rings is 1. The predicted octanol–water partition coefficient (Wildman–Crippen LogP) is 5.04. The van der Waals surface area contributed by atoms with Gasteiger partial charge in [-0.1, -0.05) is 12.1 Å². The Kier molecular flexibility index (Phi) is 13.4. The molecule has 2 aliphatic heterocycles. The number of hydrogen-bond donors (Lipinski definition) is 4. The number of nitrogens with zero attached hydrogens (tertiary/aromatic N) is 5. The number of amides is 6. The number of aromatic nitrogens is 4. The number of carbonyl (C=O) groups is 7. The van der Waals surface area contributed by atoms with E-state index in [0.29, 0.717) is 67.7 Å². The average molecular weight is 884 g/mol. The number of oxazole rings is 1. The molecule has 1 unspecified atom stereocenters. The molecule has 0 spiro atoms. The summed E-state index contributed by atoms with van der Waals surface area (Å²) >= 11 is 0. The molecule has 2 aromatic carbocycles. The highest BCUT2D eigenvalue weighted by Crippen LogP contribution is 2.31. The number of hydrogen-bond acceptors (Lipinski definition) is 13. The molecular weight excluding hydrogens is 844 g/mol. The molecule has 3 aromatic heterocycles. The Hall–Kier alpha value is -7.55. The van der Waals surface area contributed by atoms with Crippen LogP contribution in [0.5, 0.6) is 0 Å². The van der Waals surface area contributed by atoms with E-state index < -0.39 is 54.2 Å². The Morgan fingerprint density at radius 1 is 0.969 bits per heavy atom. The summed E-state index contributed by atoms with van der Waals surface area (Å²) in [7, 11) is 0. The van der Waals surface area contributed by atoms with Crippen molar-refractivity contribution < 1.29 is 55.9 Å². The van der Waals surface area contributed by atoms with Gasteiger partial charge in [-0.2, -0.15) is 18.3 Å². The van der Waals surface area contributed by atoms with Crippen LogP contribution in [0.2, 0.25) is 0 Å². The molecule has 18 nitrogen and oxygen atoms in total. The van der Waals surface area contributed by atoms with Crippen LogP contribution in [0, 0.1) is 0 Å². The maximum absolute atomic E-state index is 13.3. The molecule has 0 aliphatic carbocycles. The van der Waals surface area contributed by atoms with Gasteiger partial charge in [0.05, 0.1) is 28.7 Å². The summed E-state index contributed by atoms with van der Waals surface area (Å²) in [5, 5.41) is 11.1. The Labute approximate surface area is 361 Å². The fraction of sp³-hybridized carbons (Fsp3) is 0.302. The third-order valence-corrected chi connectivity index (χ3v) is 10.3. The van der Waals surface area contributed by atoms with E-state index in [1.807, 2.05) is 0 Å². The lowest BCUT2D eigenvalue weighted by Crippen LogP contribution is -2.54. The number of alkyl halides is 3. The van der Waals surface area contributed by atoms with Gasteiger partial charge in [-0.15, -0.1) is 0 Å². The van der Waals surface area contributed by atoms with E-state index >= 15 is 0 Å². The summed E-state index contributed by atoms with van der Waals surface area (Å²) in [5.74, 6) is -4.14. The number of benzene rings is 2. The summed E-state index contributed by atoms with van der Waals surface area (Å²) in [4.78, 5) is 97.5. The standard InChI is InChI=1S/C43H40F3N9O9/c44-43(45,46)23-49-33-20-26(16-17-48-33)40-51-30(22-64-40)38(59)50-29-21-54(53-36(29)37(47)58)27-12-10-24(11-13-27)32(56)9-2-4-19-63-18-3-1-6-25-7-5-8-28-35(25)42(62)55(41(28)61)31-14-15-34(57)52-39(31)60/h5,7-8,10-13,16-17,20-22,31H,1-4,6,9,14-15,18-19,23H2,(H2,47,58)(H,48,49)(H,50,59)(H,52,57,60). The number of fused-ring (bicyclic) bond motifs is 1. The lowest BCUT2D eigenvalue weighted by atomic mass is 9.98. The van der Waals surface area contributed by atoms with E-state index in [2.05, 4.69) is 31.0 Å². The summed E-state index contributed by atoms with van der Waals surface area (Å²) in [6.07, 6.45) is 2.70. The van der Waals surface area contributed by atoms with Gasteiger partial charge >= 0.3 is 6.18 Å². The summed E-state index contributed by atoms with van der Waals surface area (Å²) in [5.41, 5.74) is 7.42. The van der Waals surface area contributed by atoms with Crippen molar-refractivity contribution in [3.05, 3.63) is 107 Å². The zero-order valence-electron chi connectivity index (χ0n) is 33.9. The van der Waals surface area contributed by atoms with Crippen LogP contribution in [-0.4, -0.2) is 97.9 Å². The van der Waals surface area contributed by atoms with Gasteiger partial charge in [0.2, 0.25) is 17.7 Å². The van der Waals surface area contributed by atoms with Gasteiger partial charge in [-0.05, 0) is 86.6 Å². The first-order valence-corrected chi connectivity index (χ1v) is 20.1. The normalized spacial score (nSPS) is 15.0. The fourth-order valence-electron chi connectivity index (χ4n) is 7.18. The zero-order chi connectivity index (χ0) is 45.5. The molecule has 5 N–H and O–H groups in total. The molecule has 5 aromatic rings. The van der Waals surface area contributed by atoms with Gasteiger partial charge in [0.1, 0.15) is 24.7 Å². The van der Waals surface area contributed by atoms with Crippen LogP contribution in [0.1, 0.15) is 103 Å². The molecule has 0 bridgehead atoms. The van der Waals surface area contributed by atoms with Crippen molar-refractivity contribution in [3.8, 4) is 17.1 Å². The molecule has 21 heteroatoms. The number of carbonyl (C=O) groups excluding carboxylic acids is 7. The molecule has 332 valence electrons. The minimum atomic E-state index is -4.46. The molecular formula is C43H40F3N9O9. The van der Waals surface area contributed by atoms with Crippen molar-refractivity contribution in [2.24, 2.45) is 5.73 Å². The van der Waals surface area contributed by atoms with Gasteiger partial charge in [-0.25, -0.2) is 14.6 Å². The lowest BCUT2D eigenvalue weighted by molar-refractivity contribution is -0.136. The van der Waals surface area contributed by atoms with Gasteiger partial charge in [-0.3, -0.25) is 43.8 Å². The number of rotatable bonds is 19. The number of piperidine rings is 1. The second kappa shape index (κ2) is 19.2. The number of ketones is 1. The maximum Gasteiger partial charge on any atom is 0.405 e. The molecule has 64 heavy (non-hydrogen) atoms. The van der Waals surface area contributed by atoms with Crippen molar-refractivity contribution in [2.45, 2.75) is 63.6 Å². The average Bonchev–Trinajstić information content (AvgIpc) is 4.00. The summed E-state index contributed by atoms with van der Waals surface area (Å²) in [6, 6.07) is 13.2. The quantitative estimate of drug-likeness (QED) is 0.0483. The van der Waals surface area contributed by atoms with Crippen LogP contribution in [0.3, 0.4) is 0 Å². The van der Waals surface area contributed by atoms with Crippen LogP contribution >= 0.6 is 0 Å². The van der Waals surface area contributed by atoms with Crippen molar-refractivity contribution in [2.75, 3.05) is 30.4 Å². The van der Waals surface area contributed by atoms with E-state index in [4.69, 9.17) is 14.9 Å². The molecule has 6 amide bonds. The number of Topliss-reactive ketones (excluding diaryl/α,β-unsaturated/α-hetero) is 1. The Bertz CT molecular complexity index is 2620. The number of nitrogens with one attached hydrogen (secondary N) is 3. The van der Waals surface area contributed by atoms with Gasteiger partial charge in [0.25, 0.3) is 23.6 Å². The molecule has 0 saturated carbocycles. The molecule has 7 rings (SSSR count). The third kappa shape index (κ3) is 10.4. The second-order valence-corrected chi connectivity index (χ2v) is 14.9. The number of aryl methyl sites for hydroxylation is 1. The van der Waals surface area contributed by atoms with E-state index in [1.54, 1.807) is 42.5 Å². The molecule has 1 atom stereocenters. The number of unbranched alkanes of at least 4 members (excludes halogenated alkanes) is 2. The first-order valence-electron chi connectivity index (χ1n) is 20.1. The Balaban J connectivity index is 0.837. The smallest absolute Gasteiger partial charge is 0.405 e. The van der Waals surface area contributed by atoms with Crippen molar-refractivity contribution >= 4 is 52.7 Å². The Morgan fingerprint density at radius 3 is 2.47 bits per heavy atom. The lowest BCUT2D eigenvalue weighted by Gasteiger charge is -2.27. The first kappa shape index (κ1) is 44.5. The highest BCUT2D eigenvalue weighted by atomic mass is 19.4. The van der Waals surface area contributed by atoms with Crippen LogP contribution in [0.4, 0.5) is 24.7 Å². The van der Waals surface area contributed by atoms with Crippen LogP contribution in [-0.2, 0) is 20.7 Å². The van der Waals surface area contributed by atoms with E-state index in [9.17, 15) is 46.7 Å². The van der Waals surface area contributed by atoms with Crippen molar-refractivity contribution in [1.82, 2.24) is 30.0 Å². The van der Waals surface area contributed by atoms with Gasteiger partial charge < -0.3 is 25.5 Å². The van der Waals surface area contributed by atoms with E-state index in [-0.39, 0.29) is 65.0 Å². The summed E-state index contributed by atoms with van der Waals surface area (Å²) in [6.45, 7) is -0.404. The zero-order valence-corrected chi connectivity index (χ0v) is 33.9. The largest absolute Gasteiger partial charge is 0.444 e. The number of halogens is 3. The predicted molar refractivity (Wildman–Crippen MR) is 219 cm³/mol. The maximum atomic E-state index is 13.3. The number of primary amides is 1. The molecule has 5 heterocycles. The topological polar surface area (TPSA) is 251 Å². The van der Waals surface area contributed by atoms with Crippen molar-refractivity contribution in [1.29, 1.82) is 0 Å². The third-order valence-electron chi connectivity index (χ3n) is 10.3. The van der Waals surface area contributed by atoms with Crippen LogP contribution < -0.4 is 21.7 Å². The van der Waals surface area contributed by atoms with Crippen molar-refractivity contribution in [3.63, 3.8) is 0 Å². The van der Waals surface area contributed by atoms with Crippen LogP contribution in [0.25, 0.3) is 17.1 Å². The summed E-state index contributed by atoms with van der Waals surface area (Å²) < 4.78 is 50.3. The number of nitrogens with two attached hydrogens (primary N) is 1. The SMILES string of the molecule is NC(=O)c1nn(-c2ccc(C(=O)CCCCOCCCCc3cccc4c3C(=O)N(C3CCC(=O)NC3=O)C4=O)cc2)cc1NC(=O)c1coc(-c2ccnc(NCC(F)(F)F)c2)n1. The minimum Gasteiger partial charge on any atom is -0.444 e. The second-order valence-electron chi connectivity index (χ2n) is 14.9. The highest BCUT2D eigenvalue weighted by molar-refractivity contribution is 6.24. The van der Waals surface area contributed by atoms with E-state index in [0.717, 1.165) is 11.2 Å². The number of imide groups is 2. The number of ether oxygens (including phenoxy) is 1. The molecule has 1 saturated heterocycles. The first-order chi connectivity index (χ1) is 30.7. The monoisotopic (exact) mass is 883 g/mol. The van der Waals surface area contributed by atoms with Gasteiger partial charge in [0.15, 0.2) is 17.2 Å². The van der Waals surface area contributed by atoms with Gasteiger partial charge in [0, 0.05) is 43.4 Å². The number of anilines is 2. The molecule has 0 radical (unpaired) electrons. The fourth-order valence-corrected chi connectivity index (χ4v) is 7.18. The minimum absolute atomic E-state index is 0.0411. The molecule has 2 aliphatic rings. The van der Waals surface area contributed by atoms with E-state index in [1.165, 1.54) is 29.2 Å². The van der Waals surface area contributed by atoms with Crippen LogP contribution in [0.15, 0.2) is 77.7 Å².